The molecule has 2 N–H and O–H groups in total. The van der Waals surface area contributed by atoms with E-state index < -0.39 is 22.0 Å². The van der Waals surface area contributed by atoms with Crippen LogP contribution >= 0.6 is 0 Å². The molecule has 2 aromatic carbocycles. The Bertz CT molecular complexity index is 1090. The van der Waals surface area contributed by atoms with E-state index in [0.717, 1.165) is 16.5 Å². The average Bonchev–Trinajstić information content (AvgIpc) is 3.00. The number of alkyl halides is 3. The number of benzene rings is 2. The van der Waals surface area contributed by atoms with Crippen LogP contribution in [0.5, 0.6) is 0 Å². The lowest BCUT2D eigenvalue weighted by molar-refractivity contribution is -0.140. The standard InChI is InChI=1S/C19H18F3N3O3S/c1-29(26,27)28-12-11-13-7-9-15(10-8-13)25-18(23)16(14-5-3-2-4-6-14)17(24-25)19(20,21)22/h2-10H,11-12,23H2,1H3. The predicted molar refractivity (Wildman–Crippen MR) is 103 cm³/mol. The first-order valence-corrected chi connectivity index (χ1v) is 10.3. The lowest BCUT2D eigenvalue weighted by atomic mass is 10.1. The third-order valence-electron chi connectivity index (χ3n) is 4.12. The molecule has 0 bridgehead atoms. The molecule has 3 aromatic rings. The van der Waals surface area contributed by atoms with Crippen molar-refractivity contribution in [1.29, 1.82) is 0 Å². The van der Waals surface area contributed by atoms with Crippen molar-refractivity contribution in [3.63, 3.8) is 0 Å². The molecule has 0 aliphatic carbocycles. The number of nitrogens with zero attached hydrogens (tertiary/aromatic N) is 2. The fourth-order valence-electron chi connectivity index (χ4n) is 2.83. The summed E-state index contributed by atoms with van der Waals surface area (Å²) in [6.07, 6.45) is -3.39. The number of hydrogen-bond acceptors (Lipinski definition) is 5. The van der Waals surface area contributed by atoms with E-state index in [9.17, 15) is 21.6 Å². The highest BCUT2D eigenvalue weighted by Gasteiger charge is 2.39. The van der Waals surface area contributed by atoms with E-state index in [0.29, 0.717) is 17.7 Å². The molecule has 0 saturated carbocycles. The van der Waals surface area contributed by atoms with Crippen LogP contribution in [-0.2, 0) is 26.9 Å². The summed E-state index contributed by atoms with van der Waals surface area (Å²) in [6, 6.07) is 14.5. The number of hydrogen-bond donors (Lipinski definition) is 1. The van der Waals surface area contributed by atoms with Crippen molar-refractivity contribution in [2.24, 2.45) is 0 Å². The van der Waals surface area contributed by atoms with Gasteiger partial charge in [-0.15, -0.1) is 0 Å². The summed E-state index contributed by atoms with van der Waals surface area (Å²) in [6.45, 7) is -0.0293. The van der Waals surface area contributed by atoms with Gasteiger partial charge in [0.15, 0.2) is 5.69 Å². The van der Waals surface area contributed by atoms with Crippen molar-refractivity contribution in [3.8, 4) is 16.8 Å². The summed E-state index contributed by atoms with van der Waals surface area (Å²) in [7, 11) is -3.53. The fourth-order valence-corrected chi connectivity index (χ4v) is 3.22. The second-order valence-electron chi connectivity index (χ2n) is 6.33. The molecule has 0 aliphatic heterocycles. The third-order valence-corrected chi connectivity index (χ3v) is 4.72. The fraction of sp³-hybridized carbons (Fsp3) is 0.211. The van der Waals surface area contributed by atoms with Gasteiger partial charge in [-0.3, -0.25) is 4.18 Å². The summed E-state index contributed by atoms with van der Waals surface area (Å²) >= 11 is 0. The zero-order valence-corrected chi connectivity index (χ0v) is 16.2. The van der Waals surface area contributed by atoms with Gasteiger partial charge >= 0.3 is 6.18 Å². The summed E-state index contributed by atoms with van der Waals surface area (Å²) in [5, 5.41) is 3.71. The smallest absolute Gasteiger partial charge is 0.383 e. The van der Waals surface area contributed by atoms with Gasteiger partial charge in [0.1, 0.15) is 5.82 Å². The minimum Gasteiger partial charge on any atom is -0.383 e. The van der Waals surface area contributed by atoms with E-state index in [1.807, 2.05) is 0 Å². The molecule has 1 aromatic heterocycles. The SMILES string of the molecule is CS(=O)(=O)OCCc1ccc(-n2nc(C(F)(F)F)c(-c3ccccc3)c2N)cc1. The molecule has 0 aliphatic rings. The highest BCUT2D eigenvalue weighted by atomic mass is 32.2. The van der Waals surface area contributed by atoms with Gasteiger partial charge in [-0.2, -0.15) is 26.7 Å². The minimum atomic E-state index is -4.67. The Hall–Kier alpha value is -2.85. The number of rotatable bonds is 6. The normalized spacial score (nSPS) is 12.3. The molecule has 10 heteroatoms. The molecule has 0 atom stereocenters. The van der Waals surface area contributed by atoms with Crippen molar-refractivity contribution in [1.82, 2.24) is 9.78 Å². The summed E-state index contributed by atoms with van der Waals surface area (Å²) < 4.78 is 68.4. The Morgan fingerprint density at radius 3 is 2.24 bits per heavy atom. The van der Waals surface area contributed by atoms with E-state index in [2.05, 4.69) is 9.28 Å². The lowest BCUT2D eigenvalue weighted by Crippen LogP contribution is -2.09. The van der Waals surface area contributed by atoms with E-state index in [1.54, 1.807) is 42.5 Å². The maximum atomic E-state index is 13.5. The van der Waals surface area contributed by atoms with E-state index in [4.69, 9.17) is 5.73 Å². The predicted octanol–water partition coefficient (Wildman–Crippen LogP) is 3.66. The first-order chi connectivity index (χ1) is 13.6. The van der Waals surface area contributed by atoms with Gasteiger partial charge in [0.05, 0.1) is 24.1 Å². The lowest BCUT2D eigenvalue weighted by Gasteiger charge is -2.07. The van der Waals surface area contributed by atoms with Crippen LogP contribution in [-0.4, -0.2) is 31.1 Å². The zero-order chi connectivity index (χ0) is 21.2. The van der Waals surface area contributed by atoms with Gasteiger partial charge in [-0.05, 0) is 29.7 Å². The Labute approximate surface area is 165 Å². The first kappa shape index (κ1) is 20.9. The molecule has 0 amide bonds. The average molecular weight is 425 g/mol. The number of anilines is 1. The Kier molecular flexibility index (Phi) is 5.67. The molecule has 0 spiro atoms. The van der Waals surface area contributed by atoms with Gasteiger partial charge in [0.25, 0.3) is 10.1 Å². The third kappa shape index (κ3) is 4.96. The first-order valence-electron chi connectivity index (χ1n) is 8.51. The molecule has 1 heterocycles. The molecule has 0 saturated heterocycles. The highest BCUT2D eigenvalue weighted by molar-refractivity contribution is 7.85. The monoisotopic (exact) mass is 425 g/mol. The summed E-state index contributed by atoms with van der Waals surface area (Å²) in [4.78, 5) is 0. The number of nitrogen functional groups attached to an aromatic ring is 1. The van der Waals surface area contributed by atoms with Crippen LogP contribution in [0.2, 0.25) is 0 Å². The number of halogens is 3. The molecule has 154 valence electrons. The molecule has 0 radical (unpaired) electrons. The van der Waals surface area contributed by atoms with Gasteiger partial charge < -0.3 is 5.73 Å². The van der Waals surface area contributed by atoms with Crippen molar-refractivity contribution in [3.05, 3.63) is 65.9 Å². The van der Waals surface area contributed by atoms with Crippen LogP contribution in [0.25, 0.3) is 16.8 Å². The van der Waals surface area contributed by atoms with Crippen molar-refractivity contribution < 1.29 is 25.8 Å². The molecule has 29 heavy (non-hydrogen) atoms. The molecule has 3 rings (SSSR count). The molecular weight excluding hydrogens is 407 g/mol. The van der Waals surface area contributed by atoms with Crippen molar-refractivity contribution in [2.45, 2.75) is 12.6 Å². The van der Waals surface area contributed by atoms with Crippen LogP contribution in [0.1, 0.15) is 11.3 Å². The Balaban J connectivity index is 1.94. The van der Waals surface area contributed by atoms with Crippen LogP contribution in [0, 0.1) is 0 Å². The maximum Gasteiger partial charge on any atom is 0.435 e. The minimum absolute atomic E-state index is 0.0293. The van der Waals surface area contributed by atoms with Crippen LogP contribution in [0.15, 0.2) is 54.6 Å². The number of nitrogens with two attached hydrogens (primary N) is 1. The Morgan fingerprint density at radius 2 is 1.69 bits per heavy atom. The zero-order valence-electron chi connectivity index (χ0n) is 15.3. The van der Waals surface area contributed by atoms with E-state index in [-0.39, 0.29) is 18.0 Å². The van der Waals surface area contributed by atoms with Crippen molar-refractivity contribution in [2.75, 3.05) is 18.6 Å². The maximum absolute atomic E-state index is 13.5. The largest absolute Gasteiger partial charge is 0.435 e. The summed E-state index contributed by atoms with van der Waals surface area (Å²) in [5.74, 6) is -0.128. The topological polar surface area (TPSA) is 87.2 Å². The van der Waals surface area contributed by atoms with Crippen molar-refractivity contribution >= 4 is 15.9 Å². The van der Waals surface area contributed by atoms with Gasteiger partial charge in [0, 0.05) is 0 Å². The van der Waals surface area contributed by atoms with Gasteiger partial charge in [0.2, 0.25) is 0 Å². The highest BCUT2D eigenvalue weighted by Crippen LogP contribution is 2.40. The van der Waals surface area contributed by atoms with Crippen LogP contribution in [0.4, 0.5) is 19.0 Å². The number of aromatic nitrogens is 2. The molecule has 0 unspecified atom stereocenters. The van der Waals surface area contributed by atoms with E-state index in [1.165, 1.54) is 12.1 Å². The molecule has 6 nitrogen and oxygen atoms in total. The Morgan fingerprint density at radius 1 is 1.07 bits per heavy atom. The second-order valence-corrected chi connectivity index (χ2v) is 7.97. The molecular formula is C19H18F3N3O3S. The summed E-state index contributed by atoms with van der Waals surface area (Å²) in [5.41, 5.74) is 6.22. The quantitative estimate of drug-likeness (QED) is 0.609. The molecule has 0 fully saturated rings. The second kappa shape index (κ2) is 7.88. The van der Waals surface area contributed by atoms with Gasteiger partial charge in [-0.1, -0.05) is 42.5 Å². The van der Waals surface area contributed by atoms with Gasteiger partial charge in [-0.25, -0.2) is 4.68 Å². The van der Waals surface area contributed by atoms with Crippen LogP contribution < -0.4 is 5.73 Å². The van der Waals surface area contributed by atoms with E-state index >= 15 is 0 Å². The van der Waals surface area contributed by atoms with Crippen LogP contribution in [0.3, 0.4) is 0 Å².